The molecule has 0 spiro atoms. The number of thiazole rings is 1. The Morgan fingerprint density at radius 3 is 2.61 bits per heavy atom. The Balaban J connectivity index is 0.000000878. The molecular formula is C17H24N6O4S. The predicted octanol–water partition coefficient (Wildman–Crippen LogP) is 0.797. The number of nitrogens with zero attached hydrogens (tertiary/aromatic N) is 2. The molecule has 11 heteroatoms. The van der Waals surface area contributed by atoms with Crippen LogP contribution in [-0.2, 0) is 16.0 Å². The van der Waals surface area contributed by atoms with Crippen molar-refractivity contribution in [2.75, 3.05) is 12.3 Å². The number of aromatic nitrogens is 3. The van der Waals surface area contributed by atoms with Gasteiger partial charge in [-0.3, -0.25) is 14.4 Å². The van der Waals surface area contributed by atoms with Crippen LogP contribution in [0.5, 0.6) is 0 Å². The third kappa shape index (κ3) is 6.65. The number of carbonyl (C=O) groups excluding carboxylic acids is 2. The Bertz CT molecular complexity index is 756. The van der Waals surface area contributed by atoms with E-state index in [1.165, 1.54) is 17.5 Å². The highest BCUT2D eigenvalue weighted by atomic mass is 32.1. The summed E-state index contributed by atoms with van der Waals surface area (Å²) < 4.78 is 0. The molecule has 6 N–H and O–H groups in total. The van der Waals surface area contributed by atoms with Crippen molar-refractivity contribution in [1.82, 2.24) is 25.6 Å². The Kier molecular flexibility index (Phi) is 8.40. The van der Waals surface area contributed by atoms with Crippen LogP contribution in [-0.4, -0.2) is 50.9 Å². The molecule has 10 nitrogen and oxygen atoms in total. The first-order chi connectivity index (χ1) is 13.5. The fraction of sp³-hybridized carbons (Fsp3) is 0.471. The van der Waals surface area contributed by atoms with Crippen LogP contribution in [0, 0.1) is 5.92 Å². The first-order valence-electron chi connectivity index (χ1n) is 8.88. The van der Waals surface area contributed by atoms with Crippen LogP contribution in [0.2, 0.25) is 0 Å². The van der Waals surface area contributed by atoms with E-state index in [0.717, 1.165) is 37.8 Å². The van der Waals surface area contributed by atoms with Crippen molar-refractivity contribution in [1.29, 1.82) is 0 Å². The van der Waals surface area contributed by atoms with Gasteiger partial charge in [-0.25, -0.2) is 9.97 Å². The number of H-pyrrole nitrogens is 1. The number of nitrogen functional groups attached to an aromatic ring is 1. The number of imidazole rings is 1. The lowest BCUT2D eigenvalue weighted by Gasteiger charge is -2.28. The van der Waals surface area contributed by atoms with Gasteiger partial charge < -0.3 is 26.5 Å². The SMILES string of the molecule is Nc1ncc(C(=O)NC2CCC(C(=O)NCCc3cnc[nH]3)CC2)s1.O=CO. The number of carboxylic acid groups (broad SMARTS) is 1. The lowest BCUT2D eigenvalue weighted by atomic mass is 9.85. The Morgan fingerprint density at radius 2 is 2.04 bits per heavy atom. The van der Waals surface area contributed by atoms with E-state index in [-0.39, 0.29) is 30.2 Å². The Morgan fingerprint density at radius 1 is 1.32 bits per heavy atom. The second-order valence-electron chi connectivity index (χ2n) is 6.31. The van der Waals surface area contributed by atoms with Crippen LogP contribution in [0.25, 0.3) is 0 Å². The highest BCUT2D eigenvalue weighted by molar-refractivity contribution is 7.17. The van der Waals surface area contributed by atoms with Gasteiger partial charge >= 0.3 is 0 Å². The predicted molar refractivity (Wildman–Crippen MR) is 104 cm³/mol. The molecule has 1 aliphatic carbocycles. The molecule has 0 aliphatic heterocycles. The molecular weight excluding hydrogens is 384 g/mol. The van der Waals surface area contributed by atoms with Gasteiger partial charge in [0.15, 0.2) is 5.13 Å². The fourth-order valence-electron chi connectivity index (χ4n) is 3.04. The number of nitrogens with one attached hydrogen (secondary N) is 3. The van der Waals surface area contributed by atoms with E-state index in [4.69, 9.17) is 15.6 Å². The molecule has 1 fully saturated rings. The van der Waals surface area contributed by atoms with Crippen molar-refractivity contribution < 1.29 is 19.5 Å². The number of amides is 2. The molecule has 1 aliphatic rings. The molecule has 0 atom stereocenters. The zero-order chi connectivity index (χ0) is 20.4. The number of hydrogen-bond donors (Lipinski definition) is 5. The first kappa shape index (κ1) is 21.4. The second kappa shape index (κ2) is 11.0. The third-order valence-electron chi connectivity index (χ3n) is 4.43. The van der Waals surface area contributed by atoms with Crippen molar-refractivity contribution in [2.24, 2.45) is 5.92 Å². The highest BCUT2D eigenvalue weighted by Crippen LogP contribution is 2.25. The first-order valence-corrected chi connectivity index (χ1v) is 9.70. The maximum atomic E-state index is 12.2. The summed E-state index contributed by atoms with van der Waals surface area (Å²) in [4.78, 5) is 44.1. The number of nitrogens with two attached hydrogens (primary N) is 1. The summed E-state index contributed by atoms with van der Waals surface area (Å²) in [6, 6.07) is 0.102. The van der Waals surface area contributed by atoms with Crippen LogP contribution in [0.4, 0.5) is 5.13 Å². The minimum atomic E-state index is -0.250. The molecule has 0 aromatic carbocycles. The standard InChI is InChI=1S/C16H22N6O2S.CH2O2/c17-16-20-8-13(25-16)15(24)22-11-3-1-10(2-4-11)14(23)19-6-5-12-7-18-9-21-12;2-1-3/h7-11H,1-6H2,(H2,17,20)(H,18,21)(H,19,23)(H,22,24);1H,(H,2,3). The van der Waals surface area contributed by atoms with Crippen LogP contribution >= 0.6 is 11.3 Å². The van der Waals surface area contributed by atoms with Gasteiger partial charge in [0.2, 0.25) is 5.91 Å². The third-order valence-corrected chi connectivity index (χ3v) is 5.25. The molecule has 2 heterocycles. The molecule has 1 saturated carbocycles. The number of rotatable bonds is 6. The van der Waals surface area contributed by atoms with Crippen LogP contribution in [0.1, 0.15) is 41.0 Å². The Labute approximate surface area is 166 Å². The van der Waals surface area contributed by atoms with Crippen LogP contribution in [0.3, 0.4) is 0 Å². The van der Waals surface area contributed by atoms with E-state index in [1.807, 2.05) is 0 Å². The molecule has 0 unspecified atom stereocenters. The zero-order valence-corrected chi connectivity index (χ0v) is 16.1. The molecule has 0 bridgehead atoms. The Hall–Kier alpha value is -2.95. The summed E-state index contributed by atoms with van der Waals surface area (Å²) in [5, 5.41) is 13.3. The van der Waals surface area contributed by atoms with Crippen LogP contribution < -0.4 is 16.4 Å². The van der Waals surface area contributed by atoms with Crippen LogP contribution in [0.15, 0.2) is 18.7 Å². The molecule has 2 amide bonds. The molecule has 2 aromatic heterocycles. The number of hydrogen-bond acceptors (Lipinski definition) is 7. The number of aromatic amines is 1. The van der Waals surface area contributed by atoms with E-state index < -0.39 is 0 Å². The van der Waals surface area contributed by atoms with Gasteiger partial charge in [-0.2, -0.15) is 0 Å². The minimum Gasteiger partial charge on any atom is -0.483 e. The van der Waals surface area contributed by atoms with E-state index >= 15 is 0 Å². The van der Waals surface area contributed by atoms with Crippen molar-refractivity contribution >= 4 is 34.8 Å². The maximum absolute atomic E-state index is 12.2. The summed E-state index contributed by atoms with van der Waals surface area (Å²) in [5.74, 6) is -0.0184. The summed E-state index contributed by atoms with van der Waals surface area (Å²) in [5.41, 5.74) is 6.56. The van der Waals surface area contributed by atoms with E-state index in [0.29, 0.717) is 16.6 Å². The highest BCUT2D eigenvalue weighted by Gasteiger charge is 2.27. The summed E-state index contributed by atoms with van der Waals surface area (Å²) >= 11 is 1.18. The fourth-order valence-corrected chi connectivity index (χ4v) is 3.62. The molecule has 28 heavy (non-hydrogen) atoms. The smallest absolute Gasteiger partial charge is 0.290 e. The molecule has 0 saturated heterocycles. The molecule has 152 valence electrons. The summed E-state index contributed by atoms with van der Waals surface area (Å²) in [7, 11) is 0. The molecule has 0 radical (unpaired) electrons. The van der Waals surface area contributed by atoms with Gasteiger partial charge in [0.1, 0.15) is 4.88 Å². The average molecular weight is 408 g/mol. The minimum absolute atomic E-state index is 0.0222. The normalized spacial score (nSPS) is 18.4. The van der Waals surface area contributed by atoms with E-state index in [9.17, 15) is 9.59 Å². The quantitative estimate of drug-likeness (QED) is 0.441. The summed E-state index contributed by atoms with van der Waals surface area (Å²) in [6.45, 7) is 0.352. The van der Waals surface area contributed by atoms with Gasteiger partial charge in [-0.15, -0.1) is 0 Å². The maximum Gasteiger partial charge on any atom is 0.290 e. The molecule has 2 aromatic rings. The molecule has 3 rings (SSSR count). The number of carbonyl (C=O) groups is 3. The van der Waals surface area contributed by atoms with Crippen molar-refractivity contribution in [2.45, 2.75) is 38.1 Å². The summed E-state index contributed by atoms with van der Waals surface area (Å²) in [6.07, 6.45) is 8.81. The van der Waals surface area contributed by atoms with Gasteiger partial charge in [0.05, 0.1) is 12.5 Å². The van der Waals surface area contributed by atoms with Gasteiger partial charge in [-0.1, -0.05) is 11.3 Å². The van der Waals surface area contributed by atoms with Gasteiger partial charge in [-0.05, 0) is 25.7 Å². The van der Waals surface area contributed by atoms with Gasteiger partial charge in [0, 0.05) is 36.8 Å². The van der Waals surface area contributed by atoms with E-state index in [1.54, 1.807) is 12.5 Å². The van der Waals surface area contributed by atoms with Gasteiger partial charge in [0.25, 0.3) is 12.4 Å². The largest absolute Gasteiger partial charge is 0.483 e. The van der Waals surface area contributed by atoms with E-state index in [2.05, 4.69) is 25.6 Å². The topological polar surface area (TPSA) is 163 Å². The average Bonchev–Trinajstić information content (AvgIpc) is 3.35. The lowest BCUT2D eigenvalue weighted by Crippen LogP contribution is -2.41. The lowest BCUT2D eigenvalue weighted by molar-refractivity contribution is -0.126. The second-order valence-corrected chi connectivity index (χ2v) is 7.37. The number of anilines is 1. The van der Waals surface area contributed by atoms with Crippen molar-refractivity contribution in [3.63, 3.8) is 0 Å². The monoisotopic (exact) mass is 408 g/mol. The zero-order valence-electron chi connectivity index (χ0n) is 15.3. The van der Waals surface area contributed by atoms with Crippen molar-refractivity contribution in [3.8, 4) is 0 Å². The van der Waals surface area contributed by atoms with Crippen molar-refractivity contribution in [3.05, 3.63) is 29.3 Å².